The zero-order chi connectivity index (χ0) is 26.7. The molecule has 0 saturated carbocycles. The van der Waals surface area contributed by atoms with Gasteiger partial charge in [-0.1, -0.05) is 30.2 Å². The fourth-order valence-corrected chi connectivity index (χ4v) is 5.70. The van der Waals surface area contributed by atoms with Crippen molar-refractivity contribution < 1.29 is 9.53 Å². The zero-order valence-corrected chi connectivity index (χ0v) is 23.0. The van der Waals surface area contributed by atoms with Gasteiger partial charge in [-0.15, -0.1) is 6.42 Å². The largest absolute Gasteiger partial charge is 0.493 e. The molecule has 0 radical (unpaired) electrons. The monoisotopic (exact) mass is 493 g/mol. The van der Waals surface area contributed by atoms with E-state index in [0.717, 1.165) is 90.1 Å². The molecule has 0 aliphatic carbocycles. The van der Waals surface area contributed by atoms with E-state index in [9.17, 15) is 4.79 Å². The van der Waals surface area contributed by atoms with Crippen molar-refractivity contribution in [2.75, 3.05) is 19.7 Å². The molecule has 3 heteroatoms. The number of benzene rings is 2. The third kappa shape index (κ3) is 5.59. The van der Waals surface area contributed by atoms with Crippen LogP contribution in [0.25, 0.3) is 5.57 Å². The highest BCUT2D eigenvalue weighted by Gasteiger charge is 2.25. The molecule has 1 amide bonds. The first-order chi connectivity index (χ1) is 17.7. The van der Waals surface area contributed by atoms with Gasteiger partial charge in [0, 0.05) is 24.2 Å². The maximum atomic E-state index is 13.4. The first kappa shape index (κ1) is 26.6. The topological polar surface area (TPSA) is 29.5 Å². The molecule has 192 valence electrons. The van der Waals surface area contributed by atoms with E-state index in [-0.39, 0.29) is 5.91 Å². The molecule has 0 atom stereocenters. The van der Waals surface area contributed by atoms with Crippen LogP contribution in [0.4, 0.5) is 0 Å². The van der Waals surface area contributed by atoms with Crippen molar-refractivity contribution in [2.45, 2.75) is 66.2 Å². The van der Waals surface area contributed by atoms with Gasteiger partial charge in [-0.3, -0.25) is 4.79 Å². The van der Waals surface area contributed by atoms with E-state index in [4.69, 9.17) is 11.2 Å². The number of nitrogens with zero attached hydrogens (tertiary/aromatic N) is 1. The third-order valence-corrected chi connectivity index (χ3v) is 7.86. The van der Waals surface area contributed by atoms with Crippen molar-refractivity contribution in [1.29, 1.82) is 0 Å². The Balaban J connectivity index is 1.51. The first-order valence-corrected chi connectivity index (χ1v) is 13.4. The number of carbonyl (C=O) groups is 1. The van der Waals surface area contributed by atoms with Crippen molar-refractivity contribution in [3.05, 3.63) is 93.1 Å². The Kier molecular flexibility index (Phi) is 8.08. The highest BCUT2D eigenvalue weighted by Crippen LogP contribution is 2.38. The Morgan fingerprint density at radius 2 is 1.89 bits per heavy atom. The van der Waals surface area contributed by atoms with E-state index in [0.29, 0.717) is 5.92 Å². The number of hydrogen-bond donors (Lipinski definition) is 0. The average Bonchev–Trinajstić information content (AvgIpc) is 2.92. The highest BCUT2D eigenvalue weighted by molar-refractivity contribution is 5.95. The quantitative estimate of drug-likeness (QED) is 0.248. The predicted octanol–water partition coefficient (Wildman–Crippen LogP) is 7.31. The summed E-state index contributed by atoms with van der Waals surface area (Å²) >= 11 is 0. The summed E-state index contributed by atoms with van der Waals surface area (Å²) in [7, 11) is 0. The maximum absolute atomic E-state index is 13.4. The Labute approximate surface area is 222 Å². The van der Waals surface area contributed by atoms with Gasteiger partial charge in [-0.05, 0) is 129 Å². The molecule has 2 aromatic rings. The lowest BCUT2D eigenvalue weighted by atomic mass is 9.86. The highest BCUT2D eigenvalue weighted by atomic mass is 16.5. The summed E-state index contributed by atoms with van der Waals surface area (Å²) in [4.78, 5) is 15.4. The molecule has 0 N–H and O–H groups in total. The van der Waals surface area contributed by atoms with Crippen LogP contribution in [0.1, 0.15) is 79.3 Å². The summed E-state index contributed by atoms with van der Waals surface area (Å²) in [5.41, 5.74) is 10.9. The van der Waals surface area contributed by atoms with Crippen molar-refractivity contribution in [3.8, 4) is 18.1 Å². The average molecular weight is 494 g/mol. The summed E-state index contributed by atoms with van der Waals surface area (Å²) in [5.74, 6) is 4.31. The van der Waals surface area contributed by atoms with Gasteiger partial charge in [0.2, 0.25) is 5.91 Å². The van der Waals surface area contributed by atoms with Crippen molar-refractivity contribution in [2.24, 2.45) is 0 Å². The Morgan fingerprint density at radius 3 is 2.57 bits per heavy atom. The number of aryl methyl sites for hydroxylation is 1. The second kappa shape index (κ2) is 11.3. The molecular weight excluding hydrogens is 454 g/mol. The van der Waals surface area contributed by atoms with Gasteiger partial charge in [0.15, 0.2) is 0 Å². The number of carbonyl (C=O) groups excluding carboxylic acids is 1. The number of amides is 1. The molecule has 4 rings (SSSR count). The minimum Gasteiger partial charge on any atom is -0.493 e. The molecule has 0 spiro atoms. The number of rotatable bonds is 5. The lowest BCUT2D eigenvalue weighted by Gasteiger charge is -2.32. The second-order valence-electron chi connectivity index (χ2n) is 10.7. The third-order valence-electron chi connectivity index (χ3n) is 7.86. The number of fused-ring (bicyclic) bond motifs is 1. The second-order valence-corrected chi connectivity index (χ2v) is 10.7. The molecule has 0 unspecified atom stereocenters. The lowest BCUT2D eigenvalue weighted by Crippen LogP contribution is -2.38. The van der Waals surface area contributed by atoms with E-state index in [1.807, 2.05) is 30.0 Å². The summed E-state index contributed by atoms with van der Waals surface area (Å²) in [6, 6.07) is 10.4. The molecule has 0 aromatic heterocycles. The van der Waals surface area contributed by atoms with Crippen molar-refractivity contribution in [1.82, 2.24) is 4.90 Å². The van der Waals surface area contributed by atoms with E-state index in [1.54, 1.807) is 0 Å². The fraction of sp³-hybridized carbons (Fsp3) is 0.382. The van der Waals surface area contributed by atoms with Crippen LogP contribution in [0.5, 0.6) is 5.75 Å². The van der Waals surface area contributed by atoms with Crippen molar-refractivity contribution >= 4 is 11.5 Å². The van der Waals surface area contributed by atoms with Crippen molar-refractivity contribution in [3.63, 3.8) is 0 Å². The van der Waals surface area contributed by atoms with Crippen LogP contribution < -0.4 is 4.74 Å². The van der Waals surface area contributed by atoms with E-state index < -0.39 is 0 Å². The number of ether oxygens (including phenoxy) is 1. The van der Waals surface area contributed by atoms with Gasteiger partial charge in [0.05, 0.1) is 6.61 Å². The summed E-state index contributed by atoms with van der Waals surface area (Å²) in [6.45, 7) is 17.2. The summed E-state index contributed by atoms with van der Waals surface area (Å²) < 4.78 is 5.98. The minimum atomic E-state index is 0.106. The zero-order valence-electron chi connectivity index (χ0n) is 23.0. The van der Waals surface area contributed by atoms with Gasteiger partial charge in [0.1, 0.15) is 5.75 Å². The number of likely N-dealkylation sites (tertiary alicyclic amines) is 1. The Hall–Kier alpha value is -3.51. The van der Waals surface area contributed by atoms with Gasteiger partial charge in [0.25, 0.3) is 0 Å². The first-order valence-electron chi connectivity index (χ1n) is 13.4. The molecule has 37 heavy (non-hydrogen) atoms. The Bertz CT molecular complexity index is 1320. The smallest absolute Gasteiger partial charge is 0.249 e. The fourth-order valence-electron chi connectivity index (χ4n) is 5.70. The van der Waals surface area contributed by atoms with Gasteiger partial charge in [-0.2, -0.15) is 0 Å². The number of terminal acetylenes is 1. The van der Waals surface area contributed by atoms with E-state index in [2.05, 4.69) is 58.4 Å². The van der Waals surface area contributed by atoms with Crippen LogP contribution in [0.3, 0.4) is 0 Å². The molecule has 1 fully saturated rings. The SMILES string of the molecule is C#Cc1cccc(C2CCN(C(=O)/C(C)=C/C(C(=C)c3cc(C)c4c(c3C)CCCO4)=C(C)C)CC2)c1. The van der Waals surface area contributed by atoms with Crippen LogP contribution in [-0.2, 0) is 11.2 Å². The predicted molar refractivity (Wildman–Crippen MR) is 154 cm³/mol. The van der Waals surface area contributed by atoms with Crippen LogP contribution in [0.2, 0.25) is 0 Å². The van der Waals surface area contributed by atoms with Crippen LogP contribution in [-0.4, -0.2) is 30.5 Å². The van der Waals surface area contributed by atoms with E-state index >= 15 is 0 Å². The molecule has 2 aliphatic rings. The van der Waals surface area contributed by atoms with Crippen LogP contribution in [0.15, 0.2) is 59.7 Å². The molecule has 1 saturated heterocycles. The number of allylic oxidation sites excluding steroid dienone is 4. The normalized spacial score (nSPS) is 15.9. The number of piperidine rings is 1. The Morgan fingerprint density at radius 1 is 1.16 bits per heavy atom. The molecule has 2 aromatic carbocycles. The van der Waals surface area contributed by atoms with Gasteiger partial charge < -0.3 is 9.64 Å². The summed E-state index contributed by atoms with van der Waals surface area (Å²) in [6.07, 6.45) is 11.6. The number of hydrogen-bond acceptors (Lipinski definition) is 2. The maximum Gasteiger partial charge on any atom is 0.249 e. The van der Waals surface area contributed by atoms with Crippen LogP contribution in [0, 0.1) is 26.2 Å². The van der Waals surface area contributed by atoms with Crippen LogP contribution >= 0.6 is 0 Å². The van der Waals surface area contributed by atoms with Gasteiger partial charge >= 0.3 is 0 Å². The molecule has 2 heterocycles. The molecule has 2 aliphatic heterocycles. The van der Waals surface area contributed by atoms with E-state index in [1.165, 1.54) is 16.7 Å². The minimum absolute atomic E-state index is 0.106. The molecular formula is C34H39NO2. The standard InChI is InChI=1S/C34H39NO2/c1-8-27-11-9-12-29(21-27)28-14-16-35(17-15-28)34(36)24(5)20-31(22(2)3)26(7)32-19-23(4)33-30(25(32)6)13-10-18-37-33/h1,9,11-12,19-21,28H,7,10,13-18H2,2-6H3/b24-20+. The van der Waals surface area contributed by atoms with Gasteiger partial charge in [-0.25, -0.2) is 0 Å². The lowest BCUT2D eigenvalue weighted by molar-refractivity contribution is -0.128. The summed E-state index contributed by atoms with van der Waals surface area (Å²) in [5, 5.41) is 0. The molecule has 3 nitrogen and oxygen atoms in total. The molecule has 0 bridgehead atoms.